The molecule has 0 saturated heterocycles. The van der Waals surface area contributed by atoms with Crippen LogP contribution in [0, 0.1) is 0 Å². The molecule has 1 aromatic carbocycles. The number of rotatable bonds is 3. The van der Waals surface area contributed by atoms with Crippen LogP contribution in [-0.2, 0) is 20.6 Å². The highest BCUT2D eigenvalue weighted by molar-refractivity contribution is 5.72. The lowest BCUT2D eigenvalue weighted by molar-refractivity contribution is 0.670. The fourth-order valence-corrected chi connectivity index (χ4v) is 2.67. The van der Waals surface area contributed by atoms with Crippen molar-refractivity contribution in [2.45, 2.75) is 6.54 Å². The Kier molecular flexibility index (Phi) is 3.23. The van der Waals surface area contributed by atoms with Crippen LogP contribution in [0.2, 0.25) is 0 Å². The van der Waals surface area contributed by atoms with E-state index in [2.05, 4.69) is 20.3 Å². The minimum Gasteiger partial charge on any atom is -0.313 e. The van der Waals surface area contributed by atoms with E-state index in [0.29, 0.717) is 23.4 Å². The number of aryl methyl sites for hydroxylation is 1. The lowest BCUT2D eigenvalue weighted by atomic mass is 10.2. The van der Waals surface area contributed by atoms with Crippen LogP contribution in [0.25, 0.3) is 22.4 Å². The minimum atomic E-state index is -0.141. The first-order valence-electron chi connectivity index (χ1n) is 7.46. The fraction of sp³-hybridized carbons (Fsp3) is 0.188. The second-order valence-corrected chi connectivity index (χ2v) is 5.55. The Balaban J connectivity index is 1.73. The molecule has 3 aromatic heterocycles. The molecule has 0 aliphatic carbocycles. The van der Waals surface area contributed by atoms with Gasteiger partial charge in [-0.2, -0.15) is 5.10 Å². The summed E-state index contributed by atoms with van der Waals surface area (Å²) >= 11 is 0. The van der Waals surface area contributed by atoms with Gasteiger partial charge in [-0.05, 0) is 0 Å². The molecule has 0 unspecified atom stereocenters. The molecule has 0 atom stereocenters. The summed E-state index contributed by atoms with van der Waals surface area (Å²) in [6.45, 7) is 0.299. The second-order valence-electron chi connectivity index (χ2n) is 5.55. The van der Waals surface area contributed by atoms with Gasteiger partial charge in [0.25, 0.3) is 5.56 Å². The molecule has 4 aromatic rings. The molecule has 0 aliphatic rings. The fourth-order valence-electron chi connectivity index (χ4n) is 2.67. The van der Waals surface area contributed by atoms with Gasteiger partial charge < -0.3 is 4.57 Å². The third kappa shape index (κ3) is 2.19. The molecular weight excluding hydrogens is 306 g/mol. The zero-order valence-electron chi connectivity index (χ0n) is 13.3. The number of hydrogen-bond donors (Lipinski definition) is 0. The van der Waals surface area contributed by atoms with Gasteiger partial charge in [-0.25, -0.2) is 4.98 Å². The topological polar surface area (TPSA) is 83.4 Å². The highest BCUT2D eigenvalue weighted by Gasteiger charge is 2.13. The first kappa shape index (κ1) is 14.3. The summed E-state index contributed by atoms with van der Waals surface area (Å²) in [4.78, 5) is 16.8. The van der Waals surface area contributed by atoms with Crippen molar-refractivity contribution in [2.24, 2.45) is 14.1 Å². The Hall–Kier alpha value is -3.29. The van der Waals surface area contributed by atoms with Crippen molar-refractivity contribution in [1.29, 1.82) is 0 Å². The van der Waals surface area contributed by atoms with Crippen molar-refractivity contribution in [2.75, 3.05) is 0 Å². The molecule has 120 valence electrons. The van der Waals surface area contributed by atoms with E-state index in [1.54, 1.807) is 11.7 Å². The van der Waals surface area contributed by atoms with Crippen molar-refractivity contribution in [3.8, 4) is 11.4 Å². The van der Waals surface area contributed by atoms with E-state index in [0.717, 1.165) is 11.4 Å². The Morgan fingerprint density at radius 2 is 1.88 bits per heavy atom. The van der Waals surface area contributed by atoms with Crippen LogP contribution in [-0.4, -0.2) is 34.1 Å². The Bertz CT molecular complexity index is 1070. The molecule has 8 nitrogen and oxygen atoms in total. The van der Waals surface area contributed by atoms with Gasteiger partial charge in [-0.3, -0.25) is 14.0 Å². The van der Waals surface area contributed by atoms with Crippen molar-refractivity contribution in [3.63, 3.8) is 0 Å². The van der Waals surface area contributed by atoms with Crippen LogP contribution in [0.15, 0.2) is 47.7 Å². The number of fused-ring (bicyclic) bond motifs is 1. The molecule has 4 rings (SSSR count). The molecule has 0 aliphatic heterocycles. The average molecular weight is 321 g/mol. The molecule has 3 heterocycles. The van der Waals surface area contributed by atoms with Gasteiger partial charge in [0.2, 0.25) is 0 Å². The highest BCUT2D eigenvalue weighted by atomic mass is 16.1. The molecule has 0 spiro atoms. The SMILES string of the molecule is Cn1c(Cn2cnc3c(cnn3C)c2=O)nnc1-c1ccccc1. The summed E-state index contributed by atoms with van der Waals surface area (Å²) in [6, 6.07) is 9.81. The van der Waals surface area contributed by atoms with Gasteiger partial charge in [-0.15, -0.1) is 10.2 Å². The van der Waals surface area contributed by atoms with Crippen LogP contribution >= 0.6 is 0 Å². The van der Waals surface area contributed by atoms with E-state index >= 15 is 0 Å². The zero-order valence-corrected chi connectivity index (χ0v) is 13.3. The molecule has 0 saturated carbocycles. The number of hydrogen-bond acceptors (Lipinski definition) is 5. The normalized spacial score (nSPS) is 11.2. The zero-order chi connectivity index (χ0) is 16.7. The third-order valence-corrected chi connectivity index (χ3v) is 4.03. The monoisotopic (exact) mass is 321 g/mol. The van der Waals surface area contributed by atoms with Gasteiger partial charge in [0.05, 0.1) is 12.7 Å². The van der Waals surface area contributed by atoms with Crippen molar-refractivity contribution in [3.05, 3.63) is 59.0 Å². The van der Waals surface area contributed by atoms with Crippen LogP contribution in [0.3, 0.4) is 0 Å². The standard InChI is InChI=1S/C16H15N7O/c1-21-13(19-20-14(21)11-6-4-3-5-7-11)9-23-10-17-15-12(16(23)24)8-18-22(15)2/h3-8,10H,9H2,1-2H3. The molecule has 0 N–H and O–H groups in total. The molecule has 0 amide bonds. The quantitative estimate of drug-likeness (QED) is 0.561. The van der Waals surface area contributed by atoms with Crippen molar-refractivity contribution >= 4 is 11.0 Å². The maximum absolute atomic E-state index is 12.5. The second kappa shape index (κ2) is 5.41. The number of benzene rings is 1. The molecule has 24 heavy (non-hydrogen) atoms. The van der Waals surface area contributed by atoms with Crippen LogP contribution in [0.5, 0.6) is 0 Å². The predicted octanol–water partition coefficient (Wildman–Crippen LogP) is 0.974. The molecule has 0 bridgehead atoms. The average Bonchev–Trinajstić information content (AvgIpc) is 3.15. The van der Waals surface area contributed by atoms with Crippen LogP contribution < -0.4 is 5.56 Å². The van der Waals surface area contributed by atoms with Crippen LogP contribution in [0.4, 0.5) is 0 Å². The first-order valence-corrected chi connectivity index (χ1v) is 7.46. The predicted molar refractivity (Wildman–Crippen MR) is 88.3 cm³/mol. The minimum absolute atomic E-state index is 0.141. The Morgan fingerprint density at radius 1 is 1.08 bits per heavy atom. The van der Waals surface area contributed by atoms with E-state index in [1.165, 1.54) is 17.1 Å². The maximum Gasteiger partial charge on any atom is 0.264 e. The van der Waals surface area contributed by atoms with Gasteiger partial charge in [0, 0.05) is 19.7 Å². The Morgan fingerprint density at radius 3 is 2.67 bits per heavy atom. The molecule has 8 heteroatoms. The largest absolute Gasteiger partial charge is 0.313 e. The summed E-state index contributed by atoms with van der Waals surface area (Å²) in [7, 11) is 3.65. The molecular formula is C16H15N7O. The van der Waals surface area contributed by atoms with Crippen molar-refractivity contribution in [1.82, 2.24) is 34.1 Å². The van der Waals surface area contributed by atoms with E-state index < -0.39 is 0 Å². The highest BCUT2D eigenvalue weighted by Crippen LogP contribution is 2.16. The van der Waals surface area contributed by atoms with Gasteiger partial charge in [-0.1, -0.05) is 30.3 Å². The summed E-state index contributed by atoms with van der Waals surface area (Å²) in [5.41, 5.74) is 1.41. The summed E-state index contributed by atoms with van der Waals surface area (Å²) < 4.78 is 4.98. The van der Waals surface area contributed by atoms with Crippen molar-refractivity contribution < 1.29 is 0 Å². The van der Waals surface area contributed by atoms with E-state index in [1.807, 2.05) is 41.9 Å². The number of aromatic nitrogens is 7. The van der Waals surface area contributed by atoms with E-state index in [-0.39, 0.29) is 5.56 Å². The maximum atomic E-state index is 12.5. The third-order valence-electron chi connectivity index (χ3n) is 4.03. The summed E-state index contributed by atoms with van der Waals surface area (Å²) in [5, 5.41) is 13.0. The lowest BCUT2D eigenvalue weighted by Gasteiger charge is -2.06. The van der Waals surface area contributed by atoms with Crippen LogP contribution in [0.1, 0.15) is 5.82 Å². The smallest absolute Gasteiger partial charge is 0.264 e. The lowest BCUT2D eigenvalue weighted by Crippen LogP contribution is -2.22. The number of nitrogens with zero attached hydrogens (tertiary/aromatic N) is 7. The van der Waals surface area contributed by atoms with E-state index in [9.17, 15) is 4.79 Å². The van der Waals surface area contributed by atoms with Gasteiger partial charge >= 0.3 is 0 Å². The van der Waals surface area contributed by atoms with E-state index in [4.69, 9.17) is 0 Å². The summed E-state index contributed by atoms with van der Waals surface area (Å²) in [6.07, 6.45) is 3.05. The van der Waals surface area contributed by atoms with Gasteiger partial charge in [0.1, 0.15) is 11.7 Å². The first-order chi connectivity index (χ1) is 11.6. The summed E-state index contributed by atoms with van der Waals surface area (Å²) in [5.74, 6) is 1.44. The van der Waals surface area contributed by atoms with Gasteiger partial charge in [0.15, 0.2) is 17.3 Å². The Labute approximate surface area is 137 Å². The molecule has 0 radical (unpaired) electrons. The molecule has 0 fully saturated rings.